The fraction of sp³-hybridized carbons (Fsp3) is 0.500. The Hall–Kier alpha value is -2.12. The Morgan fingerprint density at radius 1 is 1.38 bits per heavy atom. The van der Waals surface area contributed by atoms with Crippen LogP contribution in [0.3, 0.4) is 0 Å². The monoisotopic (exact) mass is 450 g/mol. The predicted molar refractivity (Wildman–Crippen MR) is 98.5 cm³/mol. The number of nitrogens with zero attached hydrogens (tertiary/aromatic N) is 1. The summed E-state index contributed by atoms with van der Waals surface area (Å²) in [6, 6.07) is 5.24. The van der Waals surface area contributed by atoms with Gasteiger partial charge in [-0.3, -0.25) is 9.59 Å². The van der Waals surface area contributed by atoms with Gasteiger partial charge in [0.2, 0.25) is 11.0 Å². The van der Waals surface area contributed by atoms with Crippen LogP contribution in [0.25, 0.3) is 0 Å². The molecule has 1 aromatic rings. The molecule has 0 aromatic heterocycles. The van der Waals surface area contributed by atoms with Gasteiger partial charge in [0.25, 0.3) is 0 Å². The minimum Gasteiger partial charge on any atom is -0.481 e. The second kappa shape index (κ2) is 9.59. The van der Waals surface area contributed by atoms with E-state index in [-0.39, 0.29) is 34.5 Å². The normalized spacial score (nSPS) is 21.1. The van der Waals surface area contributed by atoms with Gasteiger partial charge in [0.15, 0.2) is 6.10 Å². The fourth-order valence-electron chi connectivity index (χ4n) is 2.94. The lowest BCUT2D eigenvalue weighted by molar-refractivity contribution is -0.189. The second-order valence-corrected chi connectivity index (χ2v) is 8.35. The van der Waals surface area contributed by atoms with Gasteiger partial charge >= 0.3 is 6.18 Å². The zero-order chi connectivity index (χ0) is 21.8. The molecule has 1 aliphatic carbocycles. The van der Waals surface area contributed by atoms with E-state index in [1.807, 2.05) is 0 Å². The molecule has 0 spiro atoms. The number of ether oxygens (including phenoxy) is 1. The van der Waals surface area contributed by atoms with Crippen molar-refractivity contribution in [3.63, 3.8) is 0 Å². The molecule has 0 heterocycles. The molecule has 29 heavy (non-hydrogen) atoms. The number of alkyl halides is 3. The van der Waals surface area contributed by atoms with E-state index in [1.165, 1.54) is 12.1 Å². The third-order valence-corrected chi connectivity index (χ3v) is 6.42. The molecular formula is C18H18ClF3N2O4S. The quantitative estimate of drug-likeness (QED) is 0.670. The van der Waals surface area contributed by atoms with Crippen molar-refractivity contribution in [2.24, 2.45) is 11.8 Å². The molecule has 11 heteroatoms. The zero-order valence-corrected chi connectivity index (χ0v) is 16.9. The summed E-state index contributed by atoms with van der Waals surface area (Å²) in [5.41, 5.74) is 0. The van der Waals surface area contributed by atoms with E-state index >= 15 is 0 Å². The van der Waals surface area contributed by atoms with Crippen molar-refractivity contribution in [2.45, 2.75) is 43.4 Å². The van der Waals surface area contributed by atoms with Crippen LogP contribution in [0.4, 0.5) is 13.2 Å². The summed E-state index contributed by atoms with van der Waals surface area (Å²) >= 11 is 6.01. The Labute approximate surface area is 172 Å². The average molecular weight is 451 g/mol. The highest BCUT2D eigenvalue weighted by molar-refractivity contribution is 8.00. The van der Waals surface area contributed by atoms with E-state index < -0.39 is 40.0 Å². The van der Waals surface area contributed by atoms with E-state index in [9.17, 15) is 27.0 Å². The van der Waals surface area contributed by atoms with E-state index in [0.29, 0.717) is 12.8 Å². The average Bonchev–Trinajstić information content (AvgIpc) is 3.14. The van der Waals surface area contributed by atoms with Crippen LogP contribution in [-0.2, 0) is 20.4 Å². The number of hydrogen-bond donors (Lipinski definition) is 1. The number of rotatable bonds is 6. The third kappa shape index (κ3) is 5.93. The highest BCUT2D eigenvalue weighted by atomic mass is 35.5. The Morgan fingerprint density at radius 3 is 2.62 bits per heavy atom. The fourth-order valence-corrected chi connectivity index (χ4v) is 4.48. The number of carbonyl (C=O) groups excluding carboxylic acids is 2. The lowest BCUT2D eigenvalue weighted by Gasteiger charge is -2.18. The van der Waals surface area contributed by atoms with E-state index in [4.69, 9.17) is 21.6 Å². The minimum atomic E-state index is -4.55. The van der Waals surface area contributed by atoms with Gasteiger partial charge in [-0.2, -0.15) is 18.4 Å². The highest BCUT2D eigenvalue weighted by Crippen LogP contribution is 2.35. The van der Waals surface area contributed by atoms with Gasteiger partial charge in [-0.25, -0.2) is 4.21 Å². The standard InChI is InChI=1S/C18H18ClF3N2O4S/c1-10(18(20,21)22)28-13-4-5-15(14(19)9-13)29(27)17(26)12-3-2-11(8-12)16(25)24-7-6-23/h4-5,9-12H,2-3,7-8H2,1H3,(H,24,25)/t10-,11?,12+,29?/m1/s1. The molecule has 2 rings (SSSR count). The number of nitriles is 1. The number of nitrogens with one attached hydrogen (secondary N) is 1. The molecule has 1 aliphatic rings. The molecule has 1 amide bonds. The number of carbonyl (C=O) groups is 2. The van der Waals surface area contributed by atoms with Crippen molar-refractivity contribution in [1.29, 1.82) is 5.26 Å². The maximum atomic E-state index is 12.6. The molecule has 6 nitrogen and oxygen atoms in total. The van der Waals surface area contributed by atoms with Gasteiger partial charge in [-0.05, 0) is 38.3 Å². The lowest BCUT2D eigenvalue weighted by Crippen LogP contribution is -2.31. The van der Waals surface area contributed by atoms with Gasteiger partial charge in [-0.15, -0.1) is 0 Å². The lowest BCUT2D eigenvalue weighted by atomic mass is 10.1. The van der Waals surface area contributed by atoms with Gasteiger partial charge in [0.1, 0.15) is 23.1 Å². The number of amides is 1. The second-order valence-electron chi connectivity index (χ2n) is 6.56. The van der Waals surface area contributed by atoms with Crippen LogP contribution in [-0.4, -0.2) is 34.1 Å². The Morgan fingerprint density at radius 2 is 2.03 bits per heavy atom. The first-order valence-corrected chi connectivity index (χ1v) is 10.2. The van der Waals surface area contributed by atoms with Crippen molar-refractivity contribution in [1.82, 2.24) is 5.32 Å². The topological polar surface area (TPSA) is 96.3 Å². The Kier molecular flexibility index (Phi) is 7.66. The molecule has 158 valence electrons. The molecule has 1 saturated carbocycles. The molecule has 1 aromatic carbocycles. The smallest absolute Gasteiger partial charge is 0.425 e. The van der Waals surface area contributed by atoms with Gasteiger partial charge < -0.3 is 10.1 Å². The summed E-state index contributed by atoms with van der Waals surface area (Å²) in [5, 5.41) is 10.2. The van der Waals surface area contributed by atoms with Crippen LogP contribution in [0.2, 0.25) is 5.02 Å². The van der Waals surface area contributed by atoms with E-state index in [1.54, 1.807) is 6.07 Å². The Bertz CT molecular complexity index is 856. The van der Waals surface area contributed by atoms with Gasteiger partial charge in [0.05, 0.1) is 16.0 Å². The van der Waals surface area contributed by atoms with E-state index in [0.717, 1.165) is 13.0 Å². The minimum absolute atomic E-state index is 0.0268. The first-order valence-electron chi connectivity index (χ1n) is 8.67. The summed E-state index contributed by atoms with van der Waals surface area (Å²) in [6.45, 7) is 0.712. The van der Waals surface area contributed by atoms with Gasteiger partial charge in [0, 0.05) is 17.9 Å². The number of benzene rings is 1. The number of hydrogen-bond acceptors (Lipinski definition) is 5. The maximum Gasteiger partial charge on any atom is 0.425 e. The van der Waals surface area contributed by atoms with Crippen LogP contribution in [0.1, 0.15) is 26.2 Å². The maximum absolute atomic E-state index is 12.6. The van der Waals surface area contributed by atoms with Crippen molar-refractivity contribution < 1.29 is 31.7 Å². The molecule has 4 atom stereocenters. The third-order valence-electron chi connectivity index (χ3n) is 4.54. The van der Waals surface area contributed by atoms with Crippen molar-refractivity contribution in [2.75, 3.05) is 6.54 Å². The van der Waals surface area contributed by atoms with Crippen LogP contribution < -0.4 is 10.1 Å². The van der Waals surface area contributed by atoms with Crippen LogP contribution in [0.15, 0.2) is 23.1 Å². The van der Waals surface area contributed by atoms with Crippen LogP contribution in [0.5, 0.6) is 5.75 Å². The van der Waals surface area contributed by atoms with E-state index in [2.05, 4.69) is 5.32 Å². The van der Waals surface area contributed by atoms with Crippen LogP contribution >= 0.6 is 11.6 Å². The summed E-state index contributed by atoms with van der Waals surface area (Å²) in [6.07, 6.45) is -5.59. The Balaban J connectivity index is 2.04. The SMILES string of the molecule is C[C@@H](Oc1ccc(S(=O)C(=O)[C@H]2CCC(C(=O)NCC#N)C2)c(Cl)c1)C(F)(F)F. The molecular weight excluding hydrogens is 433 g/mol. The largest absolute Gasteiger partial charge is 0.481 e. The first-order chi connectivity index (χ1) is 13.5. The van der Waals surface area contributed by atoms with Crippen molar-refractivity contribution in [3.8, 4) is 11.8 Å². The van der Waals surface area contributed by atoms with Crippen LogP contribution in [0, 0.1) is 23.2 Å². The van der Waals surface area contributed by atoms with Gasteiger partial charge in [-0.1, -0.05) is 11.6 Å². The summed E-state index contributed by atoms with van der Waals surface area (Å²) < 4.78 is 55.1. The highest BCUT2D eigenvalue weighted by Gasteiger charge is 2.39. The van der Waals surface area contributed by atoms with Crippen molar-refractivity contribution in [3.05, 3.63) is 23.2 Å². The molecule has 0 saturated heterocycles. The predicted octanol–water partition coefficient (Wildman–Crippen LogP) is 3.36. The molecule has 1 fully saturated rings. The molecule has 0 bridgehead atoms. The zero-order valence-electron chi connectivity index (χ0n) is 15.3. The molecule has 0 aliphatic heterocycles. The molecule has 1 N–H and O–H groups in total. The van der Waals surface area contributed by atoms with Crippen molar-refractivity contribution >= 4 is 33.4 Å². The summed E-state index contributed by atoms with van der Waals surface area (Å²) in [5.74, 6) is -1.54. The number of halogens is 4. The summed E-state index contributed by atoms with van der Waals surface area (Å²) in [4.78, 5) is 24.4. The first kappa shape index (κ1) is 23.2. The molecule has 2 unspecified atom stereocenters. The molecule has 0 radical (unpaired) electrons. The summed E-state index contributed by atoms with van der Waals surface area (Å²) in [7, 11) is -2.13.